The summed E-state index contributed by atoms with van der Waals surface area (Å²) in [5, 5.41) is 18.7. The third-order valence-electron chi connectivity index (χ3n) is 4.23. The van der Waals surface area contributed by atoms with E-state index in [9.17, 15) is 9.90 Å². The van der Waals surface area contributed by atoms with Crippen molar-refractivity contribution in [2.45, 2.75) is 68.5 Å². The molecule has 1 aliphatic heterocycles. The van der Waals surface area contributed by atoms with E-state index in [4.69, 9.17) is 5.11 Å². The zero-order chi connectivity index (χ0) is 19.8. The topological polar surface area (TPSA) is 57.5 Å². The van der Waals surface area contributed by atoms with Crippen LogP contribution in [-0.2, 0) is 4.79 Å². The highest BCUT2D eigenvalue weighted by molar-refractivity contribution is 8.21. The van der Waals surface area contributed by atoms with Crippen molar-refractivity contribution in [1.29, 1.82) is 0 Å². The molecular weight excluding hydrogens is 376 g/mol. The number of hydrogen-bond donors (Lipinski definition) is 2. The van der Waals surface area contributed by atoms with E-state index in [0.29, 0.717) is 12.8 Å². The van der Waals surface area contributed by atoms with E-state index in [-0.39, 0.29) is 10.5 Å². The number of thioether (sulfide) groups is 2. The van der Waals surface area contributed by atoms with Gasteiger partial charge in [0.2, 0.25) is 0 Å². The number of unbranched alkanes of at least 4 members (excludes halogenated alkanes) is 3. The minimum absolute atomic E-state index is 0.0194. The first kappa shape index (κ1) is 24.1. The zero-order valence-electron chi connectivity index (χ0n) is 16.4. The van der Waals surface area contributed by atoms with Gasteiger partial charge in [-0.25, -0.2) is 0 Å². The van der Waals surface area contributed by atoms with Crippen LogP contribution in [0, 0.1) is 0 Å². The molecule has 0 saturated carbocycles. The van der Waals surface area contributed by atoms with Crippen LogP contribution in [0.4, 0.5) is 0 Å². The molecule has 1 rings (SSSR count). The Labute approximate surface area is 173 Å². The quantitative estimate of drug-likeness (QED) is 0.210. The van der Waals surface area contributed by atoms with Crippen molar-refractivity contribution < 1.29 is 15.0 Å². The third-order valence-corrected chi connectivity index (χ3v) is 7.67. The number of aliphatic hydroxyl groups is 1. The first-order valence-electron chi connectivity index (χ1n) is 9.93. The monoisotopic (exact) mass is 410 g/mol. The Morgan fingerprint density at radius 3 is 2.52 bits per heavy atom. The van der Waals surface area contributed by atoms with Crippen LogP contribution in [0.25, 0.3) is 0 Å². The molecular formula is C22H34O3S2. The van der Waals surface area contributed by atoms with Crippen LogP contribution < -0.4 is 0 Å². The van der Waals surface area contributed by atoms with Gasteiger partial charge >= 0.3 is 5.97 Å². The van der Waals surface area contributed by atoms with Crippen LogP contribution in [0.15, 0.2) is 48.6 Å². The largest absolute Gasteiger partial charge is 0.481 e. The Hall–Kier alpha value is -0.910. The molecule has 2 N–H and O–H groups in total. The molecule has 0 radical (unpaired) electrons. The fraction of sp³-hybridized carbons (Fsp3) is 0.591. The average molecular weight is 411 g/mol. The minimum atomic E-state index is -0.721. The third kappa shape index (κ3) is 12.2. The summed E-state index contributed by atoms with van der Waals surface area (Å²) in [5.74, 6) is 1.51. The summed E-state index contributed by atoms with van der Waals surface area (Å²) in [6.07, 6.45) is 22.9. The standard InChI is InChI=1S/C22H34O3S2/c1-2-3-4-5-6-9-13-20(23)14-10-7-8-11-16-22(26-18-19-27-22)17-12-15-21(24)25/h6-11,14,16,20,23H,2-5,12-13,15,17-19H2,1H3,(H,24,25)/b8-7-,9-6-,14-10+,16-11+/t20-/m0/s1. The Balaban J connectivity index is 2.31. The number of carbonyl (C=O) groups is 1. The highest BCUT2D eigenvalue weighted by Crippen LogP contribution is 2.48. The number of aliphatic carboxylic acids is 1. The molecule has 0 spiro atoms. The average Bonchev–Trinajstić information content (AvgIpc) is 3.09. The number of rotatable bonds is 14. The maximum absolute atomic E-state index is 10.7. The molecule has 0 bridgehead atoms. The lowest BCUT2D eigenvalue weighted by Gasteiger charge is -2.22. The van der Waals surface area contributed by atoms with Gasteiger partial charge in [0.15, 0.2) is 0 Å². The smallest absolute Gasteiger partial charge is 0.303 e. The molecule has 5 heteroatoms. The number of carboxylic acids is 1. The van der Waals surface area contributed by atoms with Crippen LogP contribution in [0.3, 0.4) is 0 Å². The fourth-order valence-corrected chi connectivity index (χ4v) is 5.87. The van der Waals surface area contributed by atoms with Crippen molar-refractivity contribution >= 4 is 29.5 Å². The molecule has 0 unspecified atom stereocenters. The van der Waals surface area contributed by atoms with E-state index in [1.165, 1.54) is 19.3 Å². The van der Waals surface area contributed by atoms with Gasteiger partial charge in [0, 0.05) is 17.9 Å². The van der Waals surface area contributed by atoms with Gasteiger partial charge in [-0.3, -0.25) is 4.79 Å². The lowest BCUT2D eigenvalue weighted by molar-refractivity contribution is -0.137. The Kier molecular flexibility index (Phi) is 13.5. The van der Waals surface area contributed by atoms with Crippen molar-refractivity contribution in [3.05, 3.63) is 48.6 Å². The Morgan fingerprint density at radius 1 is 1.07 bits per heavy atom. The second-order valence-corrected chi connectivity index (χ2v) is 9.76. The molecule has 1 saturated heterocycles. The van der Waals surface area contributed by atoms with Gasteiger partial charge in [-0.05, 0) is 32.1 Å². The zero-order valence-corrected chi connectivity index (χ0v) is 18.0. The molecule has 0 aromatic rings. The first-order chi connectivity index (χ1) is 13.1. The van der Waals surface area contributed by atoms with Gasteiger partial charge < -0.3 is 10.2 Å². The number of aliphatic hydroxyl groups excluding tert-OH is 1. The van der Waals surface area contributed by atoms with Crippen molar-refractivity contribution in [1.82, 2.24) is 0 Å². The summed E-state index contributed by atoms with van der Waals surface area (Å²) >= 11 is 3.82. The highest BCUT2D eigenvalue weighted by atomic mass is 32.2. The predicted octanol–water partition coefficient (Wildman–Crippen LogP) is 5.97. The molecule has 1 aliphatic rings. The van der Waals surface area contributed by atoms with Gasteiger partial charge in [-0.15, -0.1) is 23.5 Å². The summed E-state index contributed by atoms with van der Waals surface area (Å²) in [5.41, 5.74) is 0. The van der Waals surface area contributed by atoms with Crippen LogP contribution in [0.2, 0.25) is 0 Å². The van der Waals surface area contributed by atoms with E-state index >= 15 is 0 Å². The predicted molar refractivity (Wildman–Crippen MR) is 120 cm³/mol. The van der Waals surface area contributed by atoms with Crippen molar-refractivity contribution in [2.75, 3.05) is 11.5 Å². The highest BCUT2D eigenvalue weighted by Gasteiger charge is 2.32. The SMILES string of the molecule is CCCCC/C=C\C[C@H](O)/C=C/C=C\C=C\C1(CCCC(=O)O)SCCS1. The molecule has 1 atom stereocenters. The normalized spacial score (nSPS) is 18.4. The number of carboxylic acid groups (broad SMARTS) is 1. The second kappa shape index (κ2) is 15.1. The van der Waals surface area contributed by atoms with E-state index < -0.39 is 12.1 Å². The van der Waals surface area contributed by atoms with Crippen molar-refractivity contribution in [2.24, 2.45) is 0 Å². The second-order valence-electron chi connectivity index (χ2n) is 6.66. The van der Waals surface area contributed by atoms with Crippen molar-refractivity contribution in [3.8, 4) is 0 Å². The lowest BCUT2D eigenvalue weighted by Crippen LogP contribution is -2.13. The molecule has 3 nitrogen and oxygen atoms in total. The molecule has 27 heavy (non-hydrogen) atoms. The summed E-state index contributed by atoms with van der Waals surface area (Å²) in [4.78, 5) is 10.7. The summed E-state index contributed by atoms with van der Waals surface area (Å²) in [7, 11) is 0. The van der Waals surface area contributed by atoms with Crippen LogP contribution in [0.1, 0.15) is 58.3 Å². The number of allylic oxidation sites excluding steroid dienone is 5. The van der Waals surface area contributed by atoms with Gasteiger partial charge in [0.05, 0.1) is 10.2 Å². The molecule has 0 aromatic carbocycles. The van der Waals surface area contributed by atoms with Gasteiger partial charge in [-0.1, -0.05) is 68.4 Å². The molecule has 0 aromatic heterocycles. The van der Waals surface area contributed by atoms with Crippen LogP contribution in [0.5, 0.6) is 0 Å². The molecule has 0 amide bonds. The van der Waals surface area contributed by atoms with Crippen molar-refractivity contribution in [3.63, 3.8) is 0 Å². The first-order valence-corrected chi connectivity index (χ1v) is 11.9. The minimum Gasteiger partial charge on any atom is -0.481 e. The van der Waals surface area contributed by atoms with E-state index in [1.54, 1.807) is 0 Å². The molecule has 1 fully saturated rings. The van der Waals surface area contributed by atoms with Crippen LogP contribution in [-0.4, -0.2) is 37.9 Å². The summed E-state index contributed by atoms with van der Waals surface area (Å²) < 4.78 is 0.0194. The van der Waals surface area contributed by atoms with E-state index in [1.807, 2.05) is 53.9 Å². The maximum Gasteiger partial charge on any atom is 0.303 e. The van der Waals surface area contributed by atoms with Crippen LogP contribution >= 0.6 is 23.5 Å². The molecule has 1 heterocycles. The summed E-state index contributed by atoms with van der Waals surface area (Å²) in [6, 6.07) is 0. The van der Waals surface area contributed by atoms with Gasteiger partial charge in [-0.2, -0.15) is 0 Å². The lowest BCUT2D eigenvalue weighted by atomic mass is 10.1. The number of hydrogen-bond acceptors (Lipinski definition) is 4. The molecule has 152 valence electrons. The summed E-state index contributed by atoms with van der Waals surface area (Å²) in [6.45, 7) is 2.20. The molecule has 0 aliphatic carbocycles. The Morgan fingerprint density at radius 2 is 1.81 bits per heavy atom. The Bertz CT molecular complexity index is 518. The maximum atomic E-state index is 10.7. The fourth-order valence-electron chi connectivity index (χ4n) is 2.75. The van der Waals surface area contributed by atoms with Gasteiger partial charge in [0.1, 0.15) is 0 Å². The van der Waals surface area contributed by atoms with Gasteiger partial charge in [0.25, 0.3) is 0 Å². The van der Waals surface area contributed by atoms with E-state index in [0.717, 1.165) is 24.3 Å². The van der Waals surface area contributed by atoms with E-state index in [2.05, 4.69) is 25.2 Å².